The summed E-state index contributed by atoms with van der Waals surface area (Å²) in [5, 5.41) is 11.6. The topological polar surface area (TPSA) is 121 Å². The van der Waals surface area contributed by atoms with Crippen molar-refractivity contribution in [2.24, 2.45) is 16.7 Å². The summed E-state index contributed by atoms with van der Waals surface area (Å²) < 4.78 is 29.3. The number of aliphatic hydroxyl groups is 1. The third-order valence-corrected chi connectivity index (χ3v) is 8.02. The van der Waals surface area contributed by atoms with Crippen LogP contribution in [0.3, 0.4) is 0 Å². The van der Waals surface area contributed by atoms with E-state index in [-0.39, 0.29) is 31.3 Å². The van der Waals surface area contributed by atoms with Gasteiger partial charge >= 0.3 is 17.9 Å². The van der Waals surface area contributed by atoms with Crippen LogP contribution >= 0.6 is 0 Å². The molecule has 2 heterocycles. The first-order chi connectivity index (χ1) is 15.4. The van der Waals surface area contributed by atoms with Crippen LogP contribution in [0, 0.1) is 16.7 Å². The highest BCUT2D eigenvalue weighted by atomic mass is 16.7. The lowest BCUT2D eigenvalue weighted by molar-refractivity contribution is -0.239. The predicted octanol–water partition coefficient (Wildman–Crippen LogP) is 1.69. The van der Waals surface area contributed by atoms with Gasteiger partial charge < -0.3 is 28.8 Å². The van der Waals surface area contributed by atoms with Crippen LogP contribution in [0.25, 0.3) is 0 Å². The quantitative estimate of drug-likeness (QED) is 0.270. The van der Waals surface area contributed by atoms with Crippen molar-refractivity contribution in [2.75, 3.05) is 13.2 Å². The molecule has 0 amide bonds. The summed E-state index contributed by atoms with van der Waals surface area (Å²) >= 11 is 0. The van der Waals surface area contributed by atoms with Crippen LogP contribution in [0.5, 0.6) is 0 Å². The second-order valence-electron chi connectivity index (χ2n) is 10.5. The fourth-order valence-electron chi connectivity index (χ4n) is 6.21. The van der Waals surface area contributed by atoms with Crippen LogP contribution in [0.4, 0.5) is 0 Å². The normalized spacial score (nSPS) is 43.0. The highest BCUT2D eigenvalue weighted by Crippen LogP contribution is 2.72. The summed E-state index contributed by atoms with van der Waals surface area (Å²) in [4.78, 5) is 36.2. The first-order valence-corrected chi connectivity index (χ1v) is 11.5. The van der Waals surface area contributed by atoms with Crippen LogP contribution in [0.15, 0.2) is 11.6 Å². The minimum absolute atomic E-state index is 0.0623. The van der Waals surface area contributed by atoms with Crippen LogP contribution < -0.4 is 0 Å². The Bertz CT molecular complexity index is 875. The Labute approximate surface area is 193 Å². The minimum Gasteiger partial charge on any atom is -0.465 e. The van der Waals surface area contributed by atoms with Gasteiger partial charge in [0.1, 0.15) is 30.5 Å². The molecule has 2 aliphatic heterocycles. The van der Waals surface area contributed by atoms with E-state index < -0.39 is 58.9 Å². The molecular formula is C24H34O9. The van der Waals surface area contributed by atoms with Gasteiger partial charge in [0.25, 0.3) is 0 Å². The molecule has 4 rings (SSSR count). The second-order valence-corrected chi connectivity index (χ2v) is 10.5. The van der Waals surface area contributed by atoms with Crippen molar-refractivity contribution >= 4 is 17.9 Å². The van der Waals surface area contributed by atoms with E-state index in [0.29, 0.717) is 6.61 Å². The average Bonchev–Trinajstić information content (AvgIpc) is 3.48. The minimum atomic E-state index is -1.13. The van der Waals surface area contributed by atoms with Crippen molar-refractivity contribution in [3.8, 4) is 0 Å². The monoisotopic (exact) mass is 466 g/mol. The van der Waals surface area contributed by atoms with E-state index >= 15 is 0 Å². The molecule has 2 bridgehead atoms. The Kier molecular flexibility index (Phi) is 5.90. The summed E-state index contributed by atoms with van der Waals surface area (Å²) in [6.07, 6.45) is -1.42. The van der Waals surface area contributed by atoms with Crippen molar-refractivity contribution in [3.63, 3.8) is 0 Å². The lowest BCUT2D eigenvalue weighted by Crippen LogP contribution is -2.67. The van der Waals surface area contributed by atoms with E-state index in [1.807, 2.05) is 33.8 Å². The Hall–Kier alpha value is -1.97. The molecular weight excluding hydrogens is 432 g/mol. The van der Waals surface area contributed by atoms with E-state index in [1.54, 1.807) is 0 Å². The Morgan fingerprint density at radius 1 is 1.21 bits per heavy atom. The molecule has 0 aromatic carbocycles. The molecule has 4 aliphatic rings. The molecule has 9 nitrogen and oxygen atoms in total. The van der Waals surface area contributed by atoms with Crippen molar-refractivity contribution < 1.29 is 43.2 Å². The molecule has 1 spiro atoms. The van der Waals surface area contributed by atoms with Gasteiger partial charge in [-0.1, -0.05) is 26.8 Å². The Balaban J connectivity index is 1.77. The smallest absolute Gasteiger partial charge is 0.306 e. The molecule has 0 aromatic heterocycles. The van der Waals surface area contributed by atoms with Gasteiger partial charge in [0.05, 0.1) is 12.7 Å². The maximum absolute atomic E-state index is 12.5. The fraction of sp³-hybridized carbons (Fsp3) is 0.792. The zero-order chi connectivity index (χ0) is 24.3. The lowest BCUT2D eigenvalue weighted by atomic mass is 9.51. The van der Waals surface area contributed by atoms with Crippen molar-refractivity contribution in [1.29, 1.82) is 0 Å². The molecule has 0 aromatic rings. The van der Waals surface area contributed by atoms with Gasteiger partial charge in [-0.3, -0.25) is 14.4 Å². The van der Waals surface area contributed by atoms with Crippen LogP contribution in [-0.4, -0.2) is 72.3 Å². The number of carbonyl (C=O) groups is 3. The molecule has 3 unspecified atom stereocenters. The molecule has 8 atom stereocenters. The van der Waals surface area contributed by atoms with Crippen molar-refractivity contribution in [1.82, 2.24) is 0 Å². The van der Waals surface area contributed by atoms with Gasteiger partial charge in [0, 0.05) is 37.5 Å². The van der Waals surface area contributed by atoms with Gasteiger partial charge in [-0.15, -0.1) is 0 Å². The highest BCUT2D eigenvalue weighted by molar-refractivity contribution is 5.70. The standard InChI is InChI=1S/C24H34O9/c1-12(2)7-18(27)32-16-9-23(10-29-14(4)25)17(8-13(16)3)33-21-19(31-15(5)26)20(28)22(23,6)24(21)11-30-24/h8,12,16-17,19-21,28H,7,9-11H2,1-6H3/t16-,17?,19+,20+,21?,22+,23+,24?/m0/s1. The SMILES string of the molecule is CC(=O)OC[C@]12C[C@H](OC(=O)CC(C)C)C(C)=CC1OC1[C@H](OC(C)=O)[C@@H](O)[C@@]2(C)C12CO2. The Morgan fingerprint density at radius 2 is 1.88 bits per heavy atom. The van der Waals surface area contributed by atoms with Gasteiger partial charge in [-0.2, -0.15) is 0 Å². The van der Waals surface area contributed by atoms with E-state index in [1.165, 1.54) is 13.8 Å². The van der Waals surface area contributed by atoms with Crippen LogP contribution in [0.1, 0.15) is 54.4 Å². The second kappa shape index (κ2) is 8.06. The van der Waals surface area contributed by atoms with E-state index in [9.17, 15) is 19.5 Å². The van der Waals surface area contributed by atoms with Gasteiger partial charge in [-0.25, -0.2) is 0 Å². The van der Waals surface area contributed by atoms with Crippen LogP contribution in [-0.2, 0) is 38.1 Å². The van der Waals surface area contributed by atoms with E-state index in [0.717, 1.165) is 5.57 Å². The molecule has 3 fully saturated rings. The number of rotatable bonds is 6. The number of epoxide rings is 1. The first kappa shape index (κ1) is 24.2. The first-order valence-electron chi connectivity index (χ1n) is 11.5. The van der Waals surface area contributed by atoms with Crippen LogP contribution in [0.2, 0.25) is 0 Å². The number of esters is 3. The lowest BCUT2D eigenvalue weighted by Gasteiger charge is -2.58. The summed E-state index contributed by atoms with van der Waals surface area (Å²) in [6.45, 7) is 10.5. The summed E-state index contributed by atoms with van der Waals surface area (Å²) in [7, 11) is 0. The molecule has 0 radical (unpaired) electrons. The zero-order valence-corrected chi connectivity index (χ0v) is 20.1. The number of hydrogen-bond acceptors (Lipinski definition) is 9. The van der Waals surface area contributed by atoms with E-state index in [4.69, 9.17) is 23.7 Å². The summed E-state index contributed by atoms with van der Waals surface area (Å²) in [5.41, 5.74) is -2.04. The molecule has 184 valence electrons. The number of aliphatic hydroxyl groups excluding tert-OH is 1. The maximum Gasteiger partial charge on any atom is 0.306 e. The molecule has 1 saturated carbocycles. The molecule has 9 heteroatoms. The molecule has 2 saturated heterocycles. The van der Waals surface area contributed by atoms with Gasteiger partial charge in [0.15, 0.2) is 6.10 Å². The maximum atomic E-state index is 12.5. The zero-order valence-electron chi connectivity index (χ0n) is 20.1. The number of carbonyl (C=O) groups excluding carboxylic acids is 3. The van der Waals surface area contributed by atoms with Crippen molar-refractivity contribution in [3.05, 3.63) is 11.6 Å². The van der Waals surface area contributed by atoms with Gasteiger partial charge in [0.2, 0.25) is 0 Å². The fourth-order valence-corrected chi connectivity index (χ4v) is 6.21. The number of fused-ring (bicyclic) bond motifs is 2. The number of ether oxygens (including phenoxy) is 5. The number of hydrogen-bond donors (Lipinski definition) is 1. The third-order valence-electron chi connectivity index (χ3n) is 8.02. The third kappa shape index (κ3) is 3.51. The molecule has 1 N–H and O–H groups in total. The summed E-state index contributed by atoms with van der Waals surface area (Å²) in [5.74, 6) is -1.17. The summed E-state index contributed by atoms with van der Waals surface area (Å²) in [6, 6.07) is 0. The van der Waals surface area contributed by atoms with Crippen molar-refractivity contribution in [2.45, 2.75) is 90.5 Å². The predicted molar refractivity (Wildman–Crippen MR) is 114 cm³/mol. The van der Waals surface area contributed by atoms with Gasteiger partial charge in [-0.05, 0) is 18.4 Å². The molecule has 33 heavy (non-hydrogen) atoms. The average molecular weight is 467 g/mol. The van der Waals surface area contributed by atoms with E-state index in [2.05, 4.69) is 0 Å². The largest absolute Gasteiger partial charge is 0.465 e. The molecule has 2 aliphatic carbocycles. The highest BCUT2D eigenvalue weighted by Gasteiger charge is 2.86. The Morgan fingerprint density at radius 3 is 2.42 bits per heavy atom.